The summed E-state index contributed by atoms with van der Waals surface area (Å²) in [5.74, 6) is -0.960. The molecule has 168 valence electrons. The molecule has 5 aliphatic rings. The van der Waals surface area contributed by atoms with Crippen molar-refractivity contribution in [3.8, 4) is 11.5 Å². The van der Waals surface area contributed by atoms with Crippen LogP contribution in [0, 0.1) is 25.7 Å². The minimum absolute atomic E-state index is 0.113. The summed E-state index contributed by atoms with van der Waals surface area (Å²) in [4.78, 5) is 45.0. The number of anilines is 2. The van der Waals surface area contributed by atoms with Crippen LogP contribution in [0.3, 0.4) is 0 Å². The average molecular weight is 445 g/mol. The lowest BCUT2D eigenvalue weighted by atomic mass is 9.75. The Balaban J connectivity index is 1.41. The normalized spacial score (nSPS) is 31.4. The van der Waals surface area contributed by atoms with Gasteiger partial charge >= 0.3 is 0 Å². The van der Waals surface area contributed by atoms with E-state index in [0.717, 1.165) is 35.2 Å². The van der Waals surface area contributed by atoms with Crippen LogP contribution in [0.5, 0.6) is 11.5 Å². The maximum absolute atomic E-state index is 14.0. The van der Waals surface area contributed by atoms with E-state index in [1.54, 1.807) is 18.2 Å². The number of carbonyl (C=O) groups is 3. The van der Waals surface area contributed by atoms with Gasteiger partial charge in [0.25, 0.3) is 0 Å². The van der Waals surface area contributed by atoms with Crippen molar-refractivity contribution >= 4 is 29.1 Å². The monoisotopic (exact) mass is 445 g/mol. The molecule has 2 aromatic rings. The standard InChI is InChI=1S/C25H23N3O5/c1-12-5-7-15-21(13(12)2)26-24(31)25(15)20-19(16-4-3-9-27(16)25)22(29)28(23(20)30)14-6-8-17-18(10-14)33-11-32-17/h5-8,10,16,19-20H,3-4,9,11H2,1-2H3,(H,26,31)/t16-,19-,20-,25+/m1/s1. The fraction of sp³-hybridized carbons (Fsp3) is 0.400. The smallest absolute Gasteiger partial charge is 0.250 e. The Kier molecular flexibility index (Phi) is 3.55. The number of ether oxygens (including phenoxy) is 2. The molecule has 0 unspecified atom stereocenters. The van der Waals surface area contributed by atoms with Crippen LogP contribution >= 0.6 is 0 Å². The molecule has 8 heteroatoms. The second-order valence-electron chi connectivity index (χ2n) is 9.61. The second-order valence-corrected chi connectivity index (χ2v) is 9.61. The predicted octanol–water partition coefficient (Wildman–Crippen LogP) is 2.46. The number of benzene rings is 2. The van der Waals surface area contributed by atoms with Crippen molar-refractivity contribution in [3.05, 3.63) is 47.0 Å². The van der Waals surface area contributed by atoms with Gasteiger partial charge in [-0.1, -0.05) is 12.1 Å². The average Bonchev–Trinajstić information content (AvgIpc) is 3.57. The highest BCUT2D eigenvalue weighted by atomic mass is 16.7. The van der Waals surface area contributed by atoms with Crippen LogP contribution < -0.4 is 19.7 Å². The molecule has 0 aromatic heterocycles. The van der Waals surface area contributed by atoms with Crippen molar-refractivity contribution in [2.75, 3.05) is 23.6 Å². The van der Waals surface area contributed by atoms with Crippen LogP contribution in [0.4, 0.5) is 11.4 Å². The minimum atomic E-state index is -1.16. The van der Waals surface area contributed by atoms with Gasteiger partial charge in [-0.2, -0.15) is 0 Å². The molecule has 1 spiro atoms. The summed E-state index contributed by atoms with van der Waals surface area (Å²) in [6, 6.07) is 8.94. The van der Waals surface area contributed by atoms with Crippen molar-refractivity contribution in [2.45, 2.75) is 38.3 Å². The number of rotatable bonds is 1. The number of amides is 3. The minimum Gasteiger partial charge on any atom is -0.454 e. The van der Waals surface area contributed by atoms with Crippen LogP contribution in [-0.2, 0) is 19.9 Å². The van der Waals surface area contributed by atoms with E-state index >= 15 is 0 Å². The molecule has 3 fully saturated rings. The predicted molar refractivity (Wildman–Crippen MR) is 118 cm³/mol. The molecule has 2 aromatic carbocycles. The zero-order chi connectivity index (χ0) is 22.6. The number of nitrogens with one attached hydrogen (secondary N) is 1. The maximum Gasteiger partial charge on any atom is 0.250 e. The lowest BCUT2D eigenvalue weighted by molar-refractivity contribution is -0.135. The number of nitrogens with zero attached hydrogens (tertiary/aromatic N) is 2. The van der Waals surface area contributed by atoms with Crippen LogP contribution in [0.2, 0.25) is 0 Å². The van der Waals surface area contributed by atoms with Crippen LogP contribution in [0.15, 0.2) is 30.3 Å². The van der Waals surface area contributed by atoms with E-state index in [1.807, 2.05) is 26.0 Å². The summed E-state index contributed by atoms with van der Waals surface area (Å²) in [6.07, 6.45) is 1.69. The van der Waals surface area contributed by atoms with Gasteiger partial charge in [0.15, 0.2) is 11.5 Å². The fourth-order valence-electron chi connectivity index (χ4n) is 6.80. The quantitative estimate of drug-likeness (QED) is 0.679. The van der Waals surface area contributed by atoms with Gasteiger partial charge in [-0.25, -0.2) is 4.90 Å². The Morgan fingerprint density at radius 2 is 1.85 bits per heavy atom. The first kappa shape index (κ1) is 19.1. The van der Waals surface area contributed by atoms with Gasteiger partial charge < -0.3 is 14.8 Å². The molecule has 3 saturated heterocycles. The Morgan fingerprint density at radius 3 is 2.70 bits per heavy atom. The Bertz CT molecular complexity index is 1290. The lowest BCUT2D eigenvalue weighted by Gasteiger charge is -2.36. The van der Waals surface area contributed by atoms with Gasteiger partial charge in [0.05, 0.1) is 17.5 Å². The maximum atomic E-state index is 14.0. The van der Waals surface area contributed by atoms with Crippen LogP contribution in [0.1, 0.15) is 29.5 Å². The summed E-state index contributed by atoms with van der Waals surface area (Å²) in [5, 5.41) is 3.09. The van der Waals surface area contributed by atoms with Crippen molar-refractivity contribution in [1.82, 2.24) is 4.90 Å². The largest absolute Gasteiger partial charge is 0.454 e. The first-order chi connectivity index (χ1) is 15.9. The fourth-order valence-corrected chi connectivity index (χ4v) is 6.80. The Morgan fingerprint density at radius 1 is 1.03 bits per heavy atom. The van der Waals surface area contributed by atoms with Crippen LogP contribution in [0.25, 0.3) is 0 Å². The molecule has 0 saturated carbocycles. The summed E-state index contributed by atoms with van der Waals surface area (Å²) in [6.45, 7) is 4.81. The Hall–Kier alpha value is -3.39. The van der Waals surface area contributed by atoms with Gasteiger partial charge in [-0.15, -0.1) is 0 Å². The third-order valence-electron chi connectivity index (χ3n) is 8.31. The molecule has 3 amide bonds. The highest BCUT2D eigenvalue weighted by Gasteiger charge is 2.74. The van der Waals surface area contributed by atoms with E-state index in [2.05, 4.69) is 10.2 Å². The van der Waals surface area contributed by atoms with E-state index in [1.165, 1.54) is 4.90 Å². The number of imide groups is 1. The number of aryl methyl sites for hydroxylation is 1. The molecular weight excluding hydrogens is 422 g/mol. The van der Waals surface area contributed by atoms with Crippen molar-refractivity contribution < 1.29 is 23.9 Å². The molecule has 0 radical (unpaired) electrons. The summed E-state index contributed by atoms with van der Waals surface area (Å²) in [5.41, 5.74) is 2.99. The van der Waals surface area contributed by atoms with E-state index in [4.69, 9.17) is 9.47 Å². The number of hydrogen-bond acceptors (Lipinski definition) is 6. The van der Waals surface area contributed by atoms with E-state index in [0.29, 0.717) is 23.7 Å². The van der Waals surface area contributed by atoms with Crippen molar-refractivity contribution in [2.24, 2.45) is 11.8 Å². The molecule has 7 rings (SSSR count). The first-order valence-electron chi connectivity index (χ1n) is 11.4. The van der Waals surface area contributed by atoms with Gasteiger partial charge in [0.2, 0.25) is 24.5 Å². The molecule has 0 bridgehead atoms. The summed E-state index contributed by atoms with van der Waals surface area (Å²) < 4.78 is 10.9. The number of fused-ring (bicyclic) bond motifs is 8. The van der Waals surface area contributed by atoms with Gasteiger partial charge in [-0.3, -0.25) is 19.3 Å². The molecule has 0 aliphatic carbocycles. The number of hydrogen-bond donors (Lipinski definition) is 1. The molecule has 33 heavy (non-hydrogen) atoms. The molecule has 1 N–H and O–H groups in total. The molecule has 5 heterocycles. The summed E-state index contributed by atoms with van der Waals surface area (Å²) >= 11 is 0. The highest BCUT2D eigenvalue weighted by Crippen LogP contribution is 2.61. The molecule has 8 nitrogen and oxygen atoms in total. The second kappa shape index (κ2) is 6.14. The van der Waals surface area contributed by atoms with E-state index < -0.39 is 17.4 Å². The molecule has 5 aliphatic heterocycles. The third-order valence-corrected chi connectivity index (χ3v) is 8.31. The first-order valence-corrected chi connectivity index (χ1v) is 11.4. The van der Waals surface area contributed by atoms with Gasteiger partial charge in [-0.05, 0) is 56.5 Å². The third kappa shape index (κ3) is 2.08. The zero-order valence-corrected chi connectivity index (χ0v) is 18.4. The van der Waals surface area contributed by atoms with Crippen LogP contribution in [-0.4, -0.2) is 42.0 Å². The number of carbonyl (C=O) groups excluding carboxylic acids is 3. The van der Waals surface area contributed by atoms with Gasteiger partial charge in [0, 0.05) is 23.4 Å². The zero-order valence-electron chi connectivity index (χ0n) is 18.4. The molecule has 4 atom stereocenters. The molecular formula is C25H23N3O5. The Labute approximate surface area is 190 Å². The topological polar surface area (TPSA) is 88.2 Å². The van der Waals surface area contributed by atoms with Crippen molar-refractivity contribution in [1.29, 1.82) is 0 Å². The SMILES string of the molecule is Cc1ccc2c(c1C)NC(=O)[C@@]21[C@H]2C(=O)N(c3ccc4c(c3)OCO4)C(=O)[C@@H]2[C@H]2CCCN21. The highest BCUT2D eigenvalue weighted by molar-refractivity contribution is 6.26. The van der Waals surface area contributed by atoms with E-state index in [-0.39, 0.29) is 30.6 Å². The van der Waals surface area contributed by atoms with Crippen molar-refractivity contribution in [3.63, 3.8) is 0 Å². The lowest BCUT2D eigenvalue weighted by Crippen LogP contribution is -2.54. The summed E-state index contributed by atoms with van der Waals surface area (Å²) in [7, 11) is 0. The van der Waals surface area contributed by atoms with Gasteiger partial charge in [0.1, 0.15) is 5.54 Å². The van der Waals surface area contributed by atoms with E-state index in [9.17, 15) is 14.4 Å².